The van der Waals surface area contributed by atoms with E-state index in [0.717, 1.165) is 16.0 Å². The third-order valence-corrected chi connectivity index (χ3v) is 9.27. The summed E-state index contributed by atoms with van der Waals surface area (Å²) < 4.78 is 20.1. The molecule has 0 spiro atoms. The maximum Gasteiger partial charge on any atom is 0.272 e. The maximum absolute atomic E-state index is 14.7. The summed E-state index contributed by atoms with van der Waals surface area (Å²) in [5.74, 6) is -1.75. The van der Waals surface area contributed by atoms with E-state index in [1.54, 1.807) is 66.7 Å². The van der Waals surface area contributed by atoms with Gasteiger partial charge in [-0.1, -0.05) is 77.8 Å². The third kappa shape index (κ3) is 9.08. The van der Waals surface area contributed by atoms with Crippen LogP contribution < -0.4 is 20.7 Å². The number of carbonyl (C=O) groups excluding carboxylic acids is 3. The summed E-state index contributed by atoms with van der Waals surface area (Å²) in [6.07, 6.45) is 1.19. The van der Waals surface area contributed by atoms with Crippen molar-refractivity contribution in [2.75, 3.05) is 17.7 Å². The van der Waals surface area contributed by atoms with Gasteiger partial charge in [0.15, 0.2) is 0 Å². The van der Waals surface area contributed by atoms with Crippen LogP contribution in [0.2, 0.25) is 10.0 Å². The second-order valence-corrected chi connectivity index (χ2v) is 12.7. The zero-order chi connectivity index (χ0) is 34.9. The molecule has 3 N–H and O–H groups in total. The molecule has 0 aliphatic carbocycles. The van der Waals surface area contributed by atoms with Crippen LogP contribution in [0, 0.1) is 12.7 Å². The monoisotopic (exact) mass is 713 g/mol. The molecule has 5 aromatic carbocycles. The number of amides is 3. The number of methoxy groups -OCH3 is 1. The Morgan fingerprint density at radius 2 is 1.49 bits per heavy atom. The van der Waals surface area contributed by atoms with E-state index < -0.39 is 22.9 Å². The van der Waals surface area contributed by atoms with Crippen LogP contribution in [0.1, 0.15) is 32.3 Å². The fraction of sp³-hybridized carbons (Fsp3) is 0.0789. The van der Waals surface area contributed by atoms with Crippen molar-refractivity contribution in [3.05, 3.63) is 159 Å². The van der Waals surface area contributed by atoms with E-state index in [1.165, 1.54) is 43.1 Å². The molecule has 5 aromatic rings. The van der Waals surface area contributed by atoms with Gasteiger partial charge >= 0.3 is 0 Å². The van der Waals surface area contributed by atoms with E-state index in [1.807, 2.05) is 37.3 Å². The highest BCUT2D eigenvalue weighted by Gasteiger charge is 2.24. The summed E-state index contributed by atoms with van der Waals surface area (Å²) >= 11 is 13.8. The number of ether oxygens (including phenoxy) is 1. The molecule has 11 heteroatoms. The summed E-state index contributed by atoms with van der Waals surface area (Å²) in [5, 5.41) is 8.25. The molecule has 0 saturated carbocycles. The first-order valence-corrected chi connectivity index (χ1v) is 16.6. The van der Waals surface area contributed by atoms with Gasteiger partial charge in [0.05, 0.1) is 17.8 Å². The molecule has 0 heterocycles. The Morgan fingerprint density at radius 1 is 0.816 bits per heavy atom. The Kier molecular flexibility index (Phi) is 11.7. The van der Waals surface area contributed by atoms with Crippen LogP contribution in [0.4, 0.5) is 15.8 Å². The lowest BCUT2D eigenvalue weighted by atomic mass is 10.1. The molecular formula is C38H30Cl2FN3O4S. The van der Waals surface area contributed by atoms with Gasteiger partial charge < -0.3 is 20.7 Å². The first-order valence-electron chi connectivity index (χ1n) is 14.9. The van der Waals surface area contributed by atoms with Crippen molar-refractivity contribution in [1.82, 2.24) is 5.32 Å². The van der Waals surface area contributed by atoms with Gasteiger partial charge in [0, 0.05) is 32.8 Å². The summed E-state index contributed by atoms with van der Waals surface area (Å²) in [5.41, 5.74) is 2.50. The van der Waals surface area contributed by atoms with Crippen molar-refractivity contribution in [3.8, 4) is 5.75 Å². The van der Waals surface area contributed by atoms with E-state index in [0.29, 0.717) is 27.7 Å². The van der Waals surface area contributed by atoms with Gasteiger partial charge in [-0.3, -0.25) is 14.4 Å². The molecule has 0 bridgehead atoms. The van der Waals surface area contributed by atoms with Gasteiger partial charge in [0.2, 0.25) is 5.91 Å². The summed E-state index contributed by atoms with van der Waals surface area (Å²) in [7, 11) is 1.51. The van der Waals surface area contributed by atoms with E-state index in [2.05, 4.69) is 16.0 Å². The zero-order valence-corrected chi connectivity index (χ0v) is 28.6. The van der Waals surface area contributed by atoms with Crippen molar-refractivity contribution in [2.24, 2.45) is 0 Å². The van der Waals surface area contributed by atoms with E-state index in [-0.39, 0.29) is 22.2 Å². The molecule has 1 unspecified atom stereocenters. The lowest BCUT2D eigenvalue weighted by Gasteiger charge is -2.19. The highest BCUT2D eigenvalue weighted by atomic mass is 35.5. The number of aryl methyl sites for hydroxylation is 1. The molecular weight excluding hydrogens is 684 g/mol. The topological polar surface area (TPSA) is 96.5 Å². The summed E-state index contributed by atoms with van der Waals surface area (Å²) in [4.78, 5) is 40.9. The predicted molar refractivity (Wildman–Crippen MR) is 195 cm³/mol. The van der Waals surface area contributed by atoms with Crippen molar-refractivity contribution in [2.45, 2.75) is 17.1 Å². The van der Waals surface area contributed by atoms with Crippen LogP contribution >= 0.6 is 35.0 Å². The maximum atomic E-state index is 14.7. The average molecular weight is 715 g/mol. The van der Waals surface area contributed by atoms with Crippen LogP contribution in [0.25, 0.3) is 6.08 Å². The largest absolute Gasteiger partial charge is 0.495 e. The van der Waals surface area contributed by atoms with E-state index in [9.17, 15) is 18.8 Å². The SMILES string of the molecule is COc1cc(Cl)c(C)cc1NC(=O)C(Sc1ccc(NC(=O)/C(=C/c2c(F)cccc2Cl)NC(=O)c2ccccc2)cc1)c1ccccc1. The zero-order valence-electron chi connectivity index (χ0n) is 26.3. The van der Waals surface area contributed by atoms with Crippen LogP contribution in [0.3, 0.4) is 0 Å². The van der Waals surface area contributed by atoms with Crippen LogP contribution in [-0.4, -0.2) is 24.8 Å². The lowest BCUT2D eigenvalue weighted by Crippen LogP contribution is -2.30. The number of anilines is 2. The van der Waals surface area contributed by atoms with Gasteiger partial charge in [-0.25, -0.2) is 4.39 Å². The molecule has 1 atom stereocenters. The van der Waals surface area contributed by atoms with Crippen molar-refractivity contribution < 1.29 is 23.5 Å². The Hall–Kier alpha value is -5.09. The number of halogens is 3. The number of rotatable bonds is 11. The van der Waals surface area contributed by atoms with Gasteiger partial charge in [-0.2, -0.15) is 0 Å². The molecule has 49 heavy (non-hydrogen) atoms. The number of nitrogens with one attached hydrogen (secondary N) is 3. The Morgan fingerprint density at radius 3 is 2.14 bits per heavy atom. The smallest absolute Gasteiger partial charge is 0.272 e. The molecule has 7 nitrogen and oxygen atoms in total. The summed E-state index contributed by atoms with van der Waals surface area (Å²) in [6.45, 7) is 1.84. The summed E-state index contributed by atoms with van der Waals surface area (Å²) in [6, 6.07) is 32.0. The van der Waals surface area contributed by atoms with Crippen LogP contribution in [0.15, 0.2) is 126 Å². The van der Waals surface area contributed by atoms with E-state index in [4.69, 9.17) is 27.9 Å². The minimum atomic E-state index is -0.697. The fourth-order valence-corrected chi connectivity index (χ4v) is 6.11. The Balaban J connectivity index is 1.36. The second kappa shape index (κ2) is 16.3. The third-order valence-electron chi connectivity index (χ3n) is 7.26. The highest BCUT2D eigenvalue weighted by Crippen LogP contribution is 2.38. The minimum Gasteiger partial charge on any atom is -0.495 e. The van der Waals surface area contributed by atoms with E-state index >= 15 is 0 Å². The average Bonchev–Trinajstić information content (AvgIpc) is 3.11. The molecule has 3 amide bonds. The standard InChI is InChI=1S/C38H30Cl2FN3O4S/c1-23-20-32(34(48-2)22-30(23)40)43-38(47)35(24-10-5-3-6-11-24)49-27-18-16-26(17-19-27)42-37(46)33(21-28-29(39)14-9-15-31(28)41)44-36(45)25-12-7-4-8-13-25/h3-22,35H,1-2H3,(H,42,46)(H,43,47)(H,44,45)/b33-21-. The molecule has 0 aliphatic rings. The number of thioether (sulfide) groups is 1. The first-order chi connectivity index (χ1) is 23.6. The number of hydrogen-bond acceptors (Lipinski definition) is 5. The molecule has 0 fully saturated rings. The van der Waals surface area contributed by atoms with Crippen LogP contribution in [0.5, 0.6) is 5.75 Å². The molecule has 0 aliphatic heterocycles. The molecule has 5 rings (SSSR count). The number of benzene rings is 5. The molecule has 0 radical (unpaired) electrons. The quantitative estimate of drug-likeness (QED) is 0.0937. The van der Waals surface area contributed by atoms with Gasteiger partial charge in [0.1, 0.15) is 22.5 Å². The fourth-order valence-electron chi connectivity index (χ4n) is 4.72. The highest BCUT2D eigenvalue weighted by molar-refractivity contribution is 8.00. The van der Waals surface area contributed by atoms with Crippen LogP contribution in [-0.2, 0) is 9.59 Å². The number of hydrogen-bond donors (Lipinski definition) is 3. The van der Waals surface area contributed by atoms with Gasteiger partial charge in [-0.15, -0.1) is 11.8 Å². The minimum absolute atomic E-state index is 0.0500. The van der Waals surface area contributed by atoms with Gasteiger partial charge in [0.25, 0.3) is 11.8 Å². The van der Waals surface area contributed by atoms with Crippen molar-refractivity contribution in [3.63, 3.8) is 0 Å². The Bertz CT molecular complexity index is 1990. The van der Waals surface area contributed by atoms with Crippen molar-refractivity contribution in [1.29, 1.82) is 0 Å². The van der Waals surface area contributed by atoms with Gasteiger partial charge in [-0.05, 0) is 78.7 Å². The normalized spacial score (nSPS) is 11.7. The molecule has 248 valence electrons. The molecule has 0 aromatic heterocycles. The Labute approximate surface area is 297 Å². The lowest BCUT2D eigenvalue weighted by molar-refractivity contribution is -0.116. The number of carbonyl (C=O) groups is 3. The van der Waals surface area contributed by atoms with Crippen molar-refractivity contribution >= 4 is 70.1 Å². The first kappa shape index (κ1) is 35.2. The predicted octanol–water partition coefficient (Wildman–Crippen LogP) is 9.33. The molecule has 0 saturated heterocycles. The second-order valence-electron chi connectivity index (χ2n) is 10.7.